The van der Waals surface area contributed by atoms with Crippen molar-refractivity contribution in [2.75, 3.05) is 25.1 Å². The number of methoxy groups -OCH3 is 1. The van der Waals surface area contributed by atoms with Crippen LogP contribution < -0.4 is 10.6 Å². The van der Waals surface area contributed by atoms with Gasteiger partial charge in [0.05, 0.1) is 7.11 Å². The number of carbonyl (C=O) groups excluding carboxylic acids is 1. The van der Waals surface area contributed by atoms with E-state index in [1.54, 1.807) is 0 Å². The van der Waals surface area contributed by atoms with E-state index in [1.165, 1.54) is 7.11 Å². The summed E-state index contributed by atoms with van der Waals surface area (Å²) in [7, 11) is 1.33. The van der Waals surface area contributed by atoms with Gasteiger partial charge in [-0.25, -0.2) is 14.8 Å². The van der Waals surface area contributed by atoms with Gasteiger partial charge in [-0.15, -0.1) is 0 Å². The Bertz CT molecular complexity index is 478. The zero-order valence-electron chi connectivity index (χ0n) is 11.6. The highest BCUT2D eigenvalue weighted by molar-refractivity contribution is 5.85. The van der Waals surface area contributed by atoms with Crippen LogP contribution in [-0.2, 0) is 4.74 Å². The first-order chi connectivity index (χ1) is 9.01. The van der Waals surface area contributed by atoms with Crippen LogP contribution in [0.25, 0.3) is 0 Å². The van der Waals surface area contributed by atoms with Gasteiger partial charge in [0.25, 0.3) is 0 Å². The Kier molecular flexibility index (Phi) is 3.99. The summed E-state index contributed by atoms with van der Waals surface area (Å²) < 4.78 is 4.67. The first-order valence-electron chi connectivity index (χ1n) is 6.45. The summed E-state index contributed by atoms with van der Waals surface area (Å²) in [5, 5.41) is 0. The molecular weight excluding hydrogens is 244 g/mol. The lowest BCUT2D eigenvalue weighted by atomic mass is 9.95. The Morgan fingerprint density at radius 3 is 2.89 bits per heavy atom. The van der Waals surface area contributed by atoms with E-state index in [-0.39, 0.29) is 11.9 Å². The van der Waals surface area contributed by atoms with E-state index in [0.717, 1.165) is 31.0 Å². The minimum atomic E-state index is -0.508. The molecule has 6 nitrogen and oxygen atoms in total. The molecule has 1 aliphatic heterocycles. The zero-order valence-corrected chi connectivity index (χ0v) is 11.6. The highest BCUT2D eigenvalue weighted by atomic mass is 16.5. The molecule has 0 aliphatic carbocycles. The summed E-state index contributed by atoms with van der Waals surface area (Å²) in [6.45, 7) is 5.67. The predicted octanol–water partition coefficient (Wildman–Crippen LogP) is 0.745. The van der Waals surface area contributed by atoms with E-state index in [9.17, 15) is 4.79 Å². The molecule has 0 radical (unpaired) electrons. The van der Waals surface area contributed by atoms with Crippen LogP contribution in [0.2, 0.25) is 0 Å². The second-order valence-electron chi connectivity index (χ2n) is 5.06. The van der Waals surface area contributed by atoms with Crippen LogP contribution in [-0.4, -0.2) is 42.2 Å². The van der Waals surface area contributed by atoms with Crippen LogP contribution in [0.15, 0.2) is 6.07 Å². The molecule has 2 heterocycles. The van der Waals surface area contributed by atoms with Crippen molar-refractivity contribution in [2.45, 2.75) is 26.3 Å². The monoisotopic (exact) mass is 264 g/mol. The number of nitrogens with zero attached hydrogens (tertiary/aromatic N) is 3. The fourth-order valence-corrected chi connectivity index (χ4v) is 2.27. The molecule has 1 aromatic rings. The van der Waals surface area contributed by atoms with Gasteiger partial charge >= 0.3 is 5.97 Å². The molecule has 0 saturated carbocycles. The number of ether oxygens (including phenoxy) is 1. The van der Waals surface area contributed by atoms with E-state index >= 15 is 0 Å². The van der Waals surface area contributed by atoms with Crippen LogP contribution >= 0.6 is 0 Å². The molecule has 2 atom stereocenters. The molecule has 0 bridgehead atoms. The van der Waals surface area contributed by atoms with Gasteiger partial charge in [-0.05, 0) is 19.3 Å². The van der Waals surface area contributed by atoms with Gasteiger partial charge in [-0.3, -0.25) is 0 Å². The average Bonchev–Trinajstić information content (AvgIpc) is 2.40. The topological polar surface area (TPSA) is 81.3 Å². The number of nitrogens with two attached hydrogens (primary N) is 1. The Morgan fingerprint density at radius 2 is 2.26 bits per heavy atom. The minimum Gasteiger partial charge on any atom is -0.463 e. The van der Waals surface area contributed by atoms with Gasteiger partial charge in [0.2, 0.25) is 5.82 Å². The highest BCUT2D eigenvalue weighted by Crippen LogP contribution is 2.21. The Labute approximate surface area is 113 Å². The molecule has 19 heavy (non-hydrogen) atoms. The molecule has 1 aromatic heterocycles. The van der Waals surface area contributed by atoms with Crippen LogP contribution in [0.1, 0.15) is 29.7 Å². The van der Waals surface area contributed by atoms with Crippen molar-refractivity contribution >= 4 is 11.8 Å². The number of hydrogen-bond donors (Lipinski definition) is 1. The predicted molar refractivity (Wildman–Crippen MR) is 72.1 cm³/mol. The molecule has 0 amide bonds. The van der Waals surface area contributed by atoms with Gasteiger partial charge in [0.1, 0.15) is 5.82 Å². The Balaban J connectivity index is 2.25. The Morgan fingerprint density at radius 1 is 1.53 bits per heavy atom. The summed E-state index contributed by atoms with van der Waals surface area (Å²) in [4.78, 5) is 22.1. The summed E-state index contributed by atoms with van der Waals surface area (Å²) in [5.41, 5.74) is 6.77. The second kappa shape index (κ2) is 5.52. The van der Waals surface area contributed by atoms with Crippen molar-refractivity contribution in [1.82, 2.24) is 9.97 Å². The van der Waals surface area contributed by atoms with E-state index < -0.39 is 5.97 Å². The maximum atomic E-state index is 11.5. The van der Waals surface area contributed by atoms with Crippen molar-refractivity contribution < 1.29 is 9.53 Å². The lowest BCUT2D eigenvalue weighted by Crippen LogP contribution is -2.46. The lowest BCUT2D eigenvalue weighted by molar-refractivity contribution is 0.0586. The summed E-state index contributed by atoms with van der Waals surface area (Å²) >= 11 is 0. The van der Waals surface area contributed by atoms with Crippen LogP contribution in [0.4, 0.5) is 5.82 Å². The quantitative estimate of drug-likeness (QED) is 0.794. The van der Waals surface area contributed by atoms with E-state index in [2.05, 4.69) is 26.5 Å². The number of piperidine rings is 1. The number of rotatable bonds is 2. The molecule has 1 aliphatic rings. The van der Waals surface area contributed by atoms with E-state index in [0.29, 0.717) is 5.92 Å². The third-order valence-corrected chi connectivity index (χ3v) is 3.50. The van der Waals surface area contributed by atoms with Crippen molar-refractivity contribution in [3.05, 3.63) is 17.6 Å². The molecule has 1 fully saturated rings. The van der Waals surface area contributed by atoms with Crippen LogP contribution in [0, 0.1) is 12.8 Å². The van der Waals surface area contributed by atoms with Gasteiger partial charge in [0, 0.05) is 30.9 Å². The molecule has 1 saturated heterocycles. The van der Waals surface area contributed by atoms with Crippen LogP contribution in [0.5, 0.6) is 0 Å². The van der Waals surface area contributed by atoms with Crippen molar-refractivity contribution in [3.63, 3.8) is 0 Å². The molecule has 0 spiro atoms. The SMILES string of the molecule is COC(=O)c1nc(C)cc(N2CCC(N)C(C)C2)n1. The summed E-state index contributed by atoms with van der Waals surface area (Å²) in [6.07, 6.45) is 0.928. The van der Waals surface area contributed by atoms with Crippen molar-refractivity contribution in [1.29, 1.82) is 0 Å². The maximum absolute atomic E-state index is 11.5. The molecule has 2 rings (SSSR count). The van der Waals surface area contributed by atoms with Gasteiger partial charge < -0.3 is 15.4 Å². The smallest absolute Gasteiger partial charge is 0.376 e. The number of anilines is 1. The number of carbonyl (C=O) groups is 1. The normalized spacial score (nSPS) is 23.3. The number of aromatic nitrogens is 2. The first-order valence-corrected chi connectivity index (χ1v) is 6.45. The fourth-order valence-electron chi connectivity index (χ4n) is 2.27. The summed E-state index contributed by atoms with van der Waals surface area (Å²) in [6, 6.07) is 2.12. The summed E-state index contributed by atoms with van der Waals surface area (Å²) in [5.74, 6) is 0.781. The third-order valence-electron chi connectivity index (χ3n) is 3.50. The van der Waals surface area contributed by atoms with E-state index in [1.807, 2.05) is 13.0 Å². The molecule has 104 valence electrons. The highest BCUT2D eigenvalue weighted by Gasteiger charge is 2.25. The average molecular weight is 264 g/mol. The standard InChI is InChI=1S/C13H20N4O2/c1-8-7-17(5-4-10(8)14)11-6-9(2)15-12(16-11)13(18)19-3/h6,8,10H,4-5,7,14H2,1-3H3. The molecular formula is C13H20N4O2. The van der Waals surface area contributed by atoms with Gasteiger partial charge in [-0.2, -0.15) is 0 Å². The number of hydrogen-bond acceptors (Lipinski definition) is 6. The molecule has 2 unspecified atom stereocenters. The Hall–Kier alpha value is -1.69. The fraction of sp³-hybridized carbons (Fsp3) is 0.615. The van der Waals surface area contributed by atoms with Gasteiger partial charge in [0.15, 0.2) is 0 Å². The maximum Gasteiger partial charge on any atom is 0.376 e. The first kappa shape index (κ1) is 13.7. The second-order valence-corrected chi connectivity index (χ2v) is 5.06. The number of esters is 1. The van der Waals surface area contributed by atoms with Crippen LogP contribution in [0.3, 0.4) is 0 Å². The molecule has 2 N–H and O–H groups in total. The zero-order chi connectivity index (χ0) is 14.0. The minimum absolute atomic E-state index is 0.111. The number of aryl methyl sites for hydroxylation is 1. The van der Waals surface area contributed by atoms with Crippen molar-refractivity contribution in [2.24, 2.45) is 11.7 Å². The molecule has 0 aromatic carbocycles. The molecule has 6 heteroatoms. The van der Waals surface area contributed by atoms with Gasteiger partial charge in [-0.1, -0.05) is 6.92 Å². The lowest BCUT2D eigenvalue weighted by Gasteiger charge is -2.35. The largest absolute Gasteiger partial charge is 0.463 e. The third kappa shape index (κ3) is 3.01. The van der Waals surface area contributed by atoms with Crippen molar-refractivity contribution in [3.8, 4) is 0 Å². The van der Waals surface area contributed by atoms with E-state index in [4.69, 9.17) is 5.73 Å².